The van der Waals surface area contributed by atoms with Crippen molar-refractivity contribution in [1.82, 2.24) is 14.7 Å². The van der Waals surface area contributed by atoms with Gasteiger partial charge in [-0.25, -0.2) is 9.38 Å². The lowest BCUT2D eigenvalue weighted by Gasteiger charge is -2.26. The third-order valence-corrected chi connectivity index (χ3v) is 6.05. The lowest BCUT2D eigenvalue weighted by Crippen LogP contribution is -2.47. The maximum atomic E-state index is 12.9. The number of alkyl halides is 3. The molecule has 1 amide bonds. The summed E-state index contributed by atoms with van der Waals surface area (Å²) in [6, 6.07) is 14.4. The molecule has 0 saturated carbocycles. The fourth-order valence-electron chi connectivity index (χ4n) is 2.97. The summed E-state index contributed by atoms with van der Waals surface area (Å²) in [5.74, 6) is 0.0960. The lowest BCUT2D eigenvalue weighted by molar-refractivity contribution is -0.123. The van der Waals surface area contributed by atoms with Crippen molar-refractivity contribution in [3.63, 3.8) is 0 Å². The van der Waals surface area contributed by atoms with Gasteiger partial charge in [-0.15, -0.1) is 0 Å². The van der Waals surface area contributed by atoms with Crippen LogP contribution in [0.25, 0.3) is 22.1 Å². The fraction of sp³-hybridized carbons (Fsp3) is 0.190. The Kier molecular flexibility index (Phi) is 6.12. The molecule has 4 aromatic rings. The number of fused-ring (bicyclic) bond motifs is 3. The minimum absolute atomic E-state index is 0.118. The Bertz CT molecular complexity index is 1360. The molecule has 0 spiro atoms. The Hall–Kier alpha value is -2.32. The van der Waals surface area contributed by atoms with Crippen LogP contribution in [0.2, 0.25) is 0 Å². The Morgan fingerprint density at radius 2 is 1.94 bits per heavy atom. The number of hydrogen-bond donors (Lipinski definition) is 1. The van der Waals surface area contributed by atoms with E-state index in [0.29, 0.717) is 15.2 Å². The number of aromatic nitrogens is 2. The molecule has 4 rings (SSSR count). The molecule has 31 heavy (non-hydrogen) atoms. The topological polar surface area (TPSA) is 72.7 Å². The van der Waals surface area contributed by atoms with E-state index in [1.165, 1.54) is 11.3 Å². The summed E-state index contributed by atoms with van der Waals surface area (Å²) in [7, 11) is 0. The van der Waals surface area contributed by atoms with Crippen LogP contribution in [-0.2, 0) is 4.79 Å². The van der Waals surface area contributed by atoms with Gasteiger partial charge in [-0.3, -0.25) is 9.59 Å². The van der Waals surface area contributed by atoms with Crippen LogP contribution in [0.15, 0.2) is 53.3 Å². The molecule has 6 nitrogen and oxygen atoms in total. The van der Waals surface area contributed by atoms with Crippen molar-refractivity contribution in [2.45, 2.75) is 23.4 Å². The Morgan fingerprint density at radius 3 is 2.61 bits per heavy atom. The molecule has 1 atom stereocenters. The highest BCUT2D eigenvalue weighted by Crippen LogP contribution is 2.32. The minimum atomic E-state index is -1.85. The van der Waals surface area contributed by atoms with Gasteiger partial charge in [0.2, 0.25) is 15.9 Å². The van der Waals surface area contributed by atoms with Crippen molar-refractivity contribution in [3.05, 3.63) is 69.0 Å². The van der Waals surface area contributed by atoms with Crippen molar-refractivity contribution in [2.75, 3.05) is 0 Å². The predicted octanol–water partition coefficient (Wildman–Crippen LogP) is 4.06. The highest BCUT2D eigenvalue weighted by Gasteiger charge is 2.35. The van der Waals surface area contributed by atoms with Gasteiger partial charge in [0.25, 0.3) is 5.56 Å². The van der Waals surface area contributed by atoms with Gasteiger partial charge in [-0.2, -0.15) is 0 Å². The van der Waals surface area contributed by atoms with Gasteiger partial charge in [0.05, 0.1) is 15.6 Å². The normalized spacial score (nSPS) is 13.6. The summed E-state index contributed by atoms with van der Waals surface area (Å²) in [5, 5.41) is 2.53. The number of para-hydroxylation sites is 2. The van der Waals surface area contributed by atoms with Gasteiger partial charge in [0, 0.05) is 6.42 Å². The van der Waals surface area contributed by atoms with Gasteiger partial charge in [-0.05, 0) is 35.9 Å². The SMILES string of the molecule is CCC(=O)NC(Oc1ccc(C=c2sc3nc4ccccc4n3c2=O)cc1)C(Cl)(Cl)Cl. The summed E-state index contributed by atoms with van der Waals surface area (Å²) in [6.45, 7) is 1.68. The number of hydrogen-bond acceptors (Lipinski definition) is 5. The first-order valence-corrected chi connectivity index (χ1v) is 11.3. The van der Waals surface area contributed by atoms with Crippen LogP contribution >= 0.6 is 46.1 Å². The van der Waals surface area contributed by atoms with Crippen LogP contribution in [0.5, 0.6) is 5.75 Å². The van der Waals surface area contributed by atoms with Crippen LogP contribution in [0.3, 0.4) is 0 Å². The van der Waals surface area contributed by atoms with E-state index in [9.17, 15) is 9.59 Å². The molecule has 0 fully saturated rings. The van der Waals surface area contributed by atoms with Crippen LogP contribution in [0, 0.1) is 0 Å². The number of nitrogens with one attached hydrogen (secondary N) is 1. The zero-order valence-electron chi connectivity index (χ0n) is 16.1. The number of amides is 1. The molecular formula is C21H16Cl3N3O3S. The zero-order chi connectivity index (χ0) is 22.2. The number of rotatable bonds is 5. The van der Waals surface area contributed by atoms with Crippen molar-refractivity contribution in [1.29, 1.82) is 0 Å². The van der Waals surface area contributed by atoms with Crippen molar-refractivity contribution >= 4 is 74.1 Å². The molecule has 2 aromatic carbocycles. The summed E-state index contributed by atoms with van der Waals surface area (Å²) in [5.41, 5.74) is 2.25. The monoisotopic (exact) mass is 495 g/mol. The van der Waals surface area contributed by atoms with E-state index < -0.39 is 10.0 Å². The van der Waals surface area contributed by atoms with Crippen molar-refractivity contribution < 1.29 is 9.53 Å². The predicted molar refractivity (Wildman–Crippen MR) is 125 cm³/mol. The first-order valence-electron chi connectivity index (χ1n) is 9.31. The molecule has 2 heterocycles. The summed E-state index contributed by atoms with van der Waals surface area (Å²) in [4.78, 5) is 29.7. The van der Waals surface area contributed by atoms with Crippen LogP contribution in [-0.4, -0.2) is 25.3 Å². The number of imidazole rings is 1. The average molecular weight is 497 g/mol. The first kappa shape index (κ1) is 21.9. The van der Waals surface area contributed by atoms with E-state index in [2.05, 4.69) is 10.3 Å². The molecule has 160 valence electrons. The maximum absolute atomic E-state index is 12.9. The Morgan fingerprint density at radius 1 is 1.23 bits per heavy atom. The van der Waals surface area contributed by atoms with Gasteiger partial charge >= 0.3 is 0 Å². The van der Waals surface area contributed by atoms with E-state index in [-0.39, 0.29) is 17.9 Å². The van der Waals surface area contributed by atoms with Gasteiger partial charge in [0.1, 0.15) is 5.75 Å². The zero-order valence-corrected chi connectivity index (χ0v) is 19.2. The van der Waals surface area contributed by atoms with E-state index >= 15 is 0 Å². The summed E-state index contributed by atoms with van der Waals surface area (Å²) < 4.78 is 5.99. The molecule has 0 saturated heterocycles. The van der Waals surface area contributed by atoms with Crippen LogP contribution < -0.4 is 20.1 Å². The van der Waals surface area contributed by atoms with Crippen LogP contribution in [0.1, 0.15) is 18.9 Å². The van der Waals surface area contributed by atoms with E-state index in [1.807, 2.05) is 24.3 Å². The maximum Gasteiger partial charge on any atom is 0.274 e. The van der Waals surface area contributed by atoms with E-state index in [4.69, 9.17) is 39.5 Å². The van der Waals surface area contributed by atoms with E-state index in [0.717, 1.165) is 16.6 Å². The molecular weight excluding hydrogens is 481 g/mol. The number of nitrogens with zero attached hydrogens (tertiary/aromatic N) is 2. The summed E-state index contributed by atoms with van der Waals surface area (Å²) >= 11 is 19.1. The van der Waals surface area contributed by atoms with Crippen molar-refractivity contribution in [3.8, 4) is 5.75 Å². The molecule has 1 N–H and O–H groups in total. The molecule has 10 heteroatoms. The highest BCUT2D eigenvalue weighted by molar-refractivity contribution is 7.15. The van der Waals surface area contributed by atoms with Gasteiger partial charge in [-0.1, -0.05) is 77.3 Å². The van der Waals surface area contributed by atoms with Crippen LogP contribution in [0.4, 0.5) is 0 Å². The van der Waals surface area contributed by atoms with E-state index in [1.54, 1.807) is 41.7 Å². The number of halogens is 3. The first-order chi connectivity index (χ1) is 14.8. The number of ether oxygens (including phenoxy) is 1. The summed E-state index contributed by atoms with van der Waals surface area (Å²) in [6.07, 6.45) is 0.864. The second-order valence-corrected chi connectivity index (χ2v) is 10.0. The molecule has 1 unspecified atom stereocenters. The smallest absolute Gasteiger partial charge is 0.274 e. The largest absolute Gasteiger partial charge is 0.466 e. The molecule has 0 aliphatic carbocycles. The highest BCUT2D eigenvalue weighted by atomic mass is 35.6. The minimum Gasteiger partial charge on any atom is -0.466 e. The Labute approximate surface area is 196 Å². The molecule has 0 aliphatic rings. The molecule has 2 aromatic heterocycles. The van der Waals surface area contributed by atoms with Gasteiger partial charge < -0.3 is 10.1 Å². The fourth-order valence-corrected chi connectivity index (χ4v) is 4.25. The third-order valence-electron chi connectivity index (χ3n) is 4.49. The second-order valence-electron chi connectivity index (χ2n) is 6.66. The standard InChI is InChI=1S/C21H16Cl3N3O3S/c1-2-17(28)26-19(21(22,23)24)30-13-9-7-12(8-10-13)11-16-18(29)27-15-6-4-3-5-14(15)25-20(27)31-16/h3-11,19H,2H2,1H3,(H,26,28). The molecule has 0 radical (unpaired) electrons. The number of benzene rings is 2. The number of carbonyl (C=O) groups is 1. The molecule has 0 bridgehead atoms. The number of thiazole rings is 1. The number of carbonyl (C=O) groups excluding carboxylic acids is 1. The average Bonchev–Trinajstić information content (AvgIpc) is 3.24. The molecule has 0 aliphatic heterocycles. The van der Waals surface area contributed by atoms with Crippen molar-refractivity contribution in [2.24, 2.45) is 0 Å². The van der Waals surface area contributed by atoms with Gasteiger partial charge in [0.15, 0.2) is 4.96 Å². The lowest BCUT2D eigenvalue weighted by atomic mass is 10.2. The third kappa shape index (κ3) is 4.65. The Balaban J connectivity index is 1.61. The quantitative estimate of drug-likeness (QED) is 0.334. The second kappa shape index (κ2) is 8.67.